The third-order valence-corrected chi connectivity index (χ3v) is 9.02. The van der Waals surface area contributed by atoms with Crippen molar-refractivity contribution in [3.63, 3.8) is 0 Å². The van der Waals surface area contributed by atoms with E-state index in [0.29, 0.717) is 17.3 Å². The van der Waals surface area contributed by atoms with Crippen molar-refractivity contribution in [1.29, 1.82) is 0 Å². The molecule has 2 heterocycles. The fourth-order valence-corrected chi connectivity index (χ4v) is 6.82. The molecule has 2 N–H and O–H groups in total. The zero-order chi connectivity index (χ0) is 30.5. The molecule has 3 atom stereocenters. The van der Waals surface area contributed by atoms with Crippen LogP contribution in [0.5, 0.6) is 28.7 Å². The molecule has 0 spiro atoms. The third kappa shape index (κ3) is 6.60. The number of hydrogen-bond acceptors (Lipinski definition) is 6. The van der Waals surface area contributed by atoms with Crippen molar-refractivity contribution in [3.05, 3.63) is 103 Å². The Hall–Kier alpha value is -4.59. The highest BCUT2D eigenvalue weighted by Crippen LogP contribution is 2.48. The van der Waals surface area contributed by atoms with E-state index in [0.717, 1.165) is 74.2 Å². The fraction of sp³-hybridized carbons (Fsp3) is 0.378. The molecular weight excluding hydrogens is 568 g/mol. The Labute approximate surface area is 264 Å². The summed E-state index contributed by atoms with van der Waals surface area (Å²) in [6, 6.07) is 26.8. The van der Waals surface area contributed by atoms with Crippen LogP contribution in [0.4, 0.5) is 4.79 Å². The molecule has 1 aliphatic heterocycles. The van der Waals surface area contributed by atoms with Crippen LogP contribution in [-0.4, -0.2) is 24.8 Å². The summed E-state index contributed by atoms with van der Waals surface area (Å²) in [5.41, 5.74) is -0.360. The molecule has 45 heavy (non-hydrogen) atoms. The van der Waals surface area contributed by atoms with Crippen molar-refractivity contribution >= 4 is 6.03 Å². The highest BCUT2D eigenvalue weighted by molar-refractivity contribution is 5.75. The standard InChI is InChI=1S/C37H40N2O6/c40-36(38-26-13-4-1-5-14-26)39-37(45-28-17-8-3-9-18-28)25-42-34-32(24-41-35(34)37)31-21-10-11-22-33(31)44-30-20-12-19-29(23-30)43-27-15-6-2-7-16-27/h2-3,6-9,12,15-20,23-24,26,31,33H,1,4-5,10-11,13-14,21-22,25H2,(H2,38,39,40)/t31?,33-,37-/m0/s1. The molecule has 2 aliphatic carbocycles. The zero-order valence-corrected chi connectivity index (χ0v) is 25.4. The van der Waals surface area contributed by atoms with E-state index < -0.39 is 5.72 Å². The number of carbonyl (C=O) groups excluding carboxylic acids is 1. The predicted octanol–water partition coefficient (Wildman–Crippen LogP) is 8.43. The van der Waals surface area contributed by atoms with Crippen LogP contribution in [0.1, 0.15) is 75.0 Å². The lowest BCUT2D eigenvalue weighted by molar-refractivity contribution is 0.00360. The smallest absolute Gasteiger partial charge is 0.318 e. The van der Waals surface area contributed by atoms with Gasteiger partial charge < -0.3 is 28.7 Å². The van der Waals surface area contributed by atoms with Gasteiger partial charge in [-0.3, -0.25) is 5.32 Å². The van der Waals surface area contributed by atoms with Crippen molar-refractivity contribution in [2.75, 3.05) is 6.61 Å². The number of nitrogens with one attached hydrogen (secondary N) is 2. The maximum absolute atomic E-state index is 13.3. The molecular formula is C37H40N2O6. The van der Waals surface area contributed by atoms with Gasteiger partial charge in [0.25, 0.3) is 5.72 Å². The van der Waals surface area contributed by atoms with Gasteiger partial charge in [0.15, 0.2) is 12.4 Å². The molecule has 4 aromatic rings. The van der Waals surface area contributed by atoms with Crippen LogP contribution >= 0.6 is 0 Å². The molecule has 0 bridgehead atoms. The quantitative estimate of drug-likeness (QED) is 0.185. The Bertz CT molecular complexity index is 1570. The van der Waals surface area contributed by atoms with Crippen molar-refractivity contribution in [2.45, 2.75) is 81.6 Å². The number of amides is 2. The molecule has 2 amide bonds. The van der Waals surface area contributed by atoms with Gasteiger partial charge in [0, 0.05) is 23.6 Å². The predicted molar refractivity (Wildman–Crippen MR) is 170 cm³/mol. The van der Waals surface area contributed by atoms with Gasteiger partial charge in [-0.1, -0.05) is 68.1 Å². The molecule has 1 unspecified atom stereocenters. The molecule has 8 nitrogen and oxygen atoms in total. The molecule has 0 saturated heterocycles. The Morgan fingerprint density at radius 2 is 1.44 bits per heavy atom. The van der Waals surface area contributed by atoms with Gasteiger partial charge in [-0.25, -0.2) is 4.79 Å². The van der Waals surface area contributed by atoms with Crippen LogP contribution in [0.2, 0.25) is 0 Å². The number of carbonyl (C=O) groups is 1. The third-order valence-electron chi connectivity index (χ3n) is 9.02. The van der Waals surface area contributed by atoms with Crippen molar-refractivity contribution < 1.29 is 28.2 Å². The summed E-state index contributed by atoms with van der Waals surface area (Å²) in [7, 11) is 0. The van der Waals surface area contributed by atoms with Gasteiger partial charge in [0.05, 0.1) is 6.26 Å². The lowest BCUT2D eigenvalue weighted by Gasteiger charge is -2.31. The Kier molecular flexibility index (Phi) is 8.54. The van der Waals surface area contributed by atoms with Crippen LogP contribution in [0.25, 0.3) is 0 Å². The van der Waals surface area contributed by atoms with E-state index in [9.17, 15) is 4.79 Å². The van der Waals surface area contributed by atoms with E-state index in [4.69, 9.17) is 23.4 Å². The second-order valence-electron chi connectivity index (χ2n) is 12.3. The monoisotopic (exact) mass is 608 g/mol. The average molecular weight is 609 g/mol. The van der Waals surface area contributed by atoms with E-state index in [2.05, 4.69) is 10.6 Å². The first-order valence-corrected chi connectivity index (χ1v) is 16.2. The lowest BCUT2D eigenvalue weighted by atomic mass is 9.82. The molecule has 3 aliphatic rings. The molecule has 8 heteroatoms. The topological polar surface area (TPSA) is 91.2 Å². The van der Waals surface area contributed by atoms with Crippen LogP contribution in [0, 0.1) is 0 Å². The number of benzene rings is 3. The number of rotatable bonds is 9. The zero-order valence-electron chi connectivity index (χ0n) is 25.4. The molecule has 1 aromatic heterocycles. The van der Waals surface area contributed by atoms with Gasteiger partial charge in [-0.05, 0) is 68.5 Å². The number of ether oxygens (including phenoxy) is 4. The first-order chi connectivity index (χ1) is 22.1. The average Bonchev–Trinajstić information content (AvgIpc) is 3.64. The van der Waals surface area contributed by atoms with Gasteiger partial charge >= 0.3 is 6.03 Å². The SMILES string of the molecule is O=C(NC1CCCCC1)N[C@]1(Oc2ccccc2)COc2c(C3CCCC[C@@H]3Oc3cccc(Oc4ccccc4)c3)coc21. The van der Waals surface area contributed by atoms with Crippen molar-refractivity contribution in [1.82, 2.24) is 10.6 Å². The minimum Gasteiger partial charge on any atom is -0.490 e. The summed E-state index contributed by atoms with van der Waals surface area (Å²) < 4.78 is 31.8. The molecule has 0 radical (unpaired) electrons. The van der Waals surface area contributed by atoms with Crippen LogP contribution in [0.15, 0.2) is 95.6 Å². The maximum atomic E-state index is 13.3. The number of urea groups is 1. The second-order valence-corrected chi connectivity index (χ2v) is 12.3. The van der Waals surface area contributed by atoms with Crippen molar-refractivity contribution in [3.8, 4) is 28.7 Å². The van der Waals surface area contributed by atoms with E-state index >= 15 is 0 Å². The molecule has 2 saturated carbocycles. The lowest BCUT2D eigenvalue weighted by Crippen LogP contribution is -2.56. The molecule has 3 aromatic carbocycles. The van der Waals surface area contributed by atoms with E-state index in [1.54, 1.807) is 6.26 Å². The van der Waals surface area contributed by atoms with Crippen LogP contribution < -0.4 is 29.6 Å². The second kappa shape index (κ2) is 13.2. The first kappa shape index (κ1) is 29.1. The Balaban J connectivity index is 1.12. The summed E-state index contributed by atoms with van der Waals surface area (Å²) in [5, 5.41) is 6.26. The van der Waals surface area contributed by atoms with Crippen LogP contribution in [0.3, 0.4) is 0 Å². The minimum atomic E-state index is -1.30. The number of fused-ring (bicyclic) bond motifs is 1. The molecule has 7 rings (SSSR count). The van der Waals surface area contributed by atoms with Crippen LogP contribution in [-0.2, 0) is 5.72 Å². The van der Waals surface area contributed by atoms with E-state index in [1.165, 1.54) is 6.42 Å². The number of furan rings is 1. The summed E-state index contributed by atoms with van der Waals surface area (Å²) >= 11 is 0. The Morgan fingerprint density at radius 3 is 2.24 bits per heavy atom. The normalized spacial score (nSPS) is 22.9. The van der Waals surface area contributed by atoms with Gasteiger partial charge in [0.2, 0.25) is 5.76 Å². The molecule has 234 valence electrons. The fourth-order valence-electron chi connectivity index (χ4n) is 6.82. The number of para-hydroxylation sites is 2. The largest absolute Gasteiger partial charge is 0.490 e. The highest BCUT2D eigenvalue weighted by Gasteiger charge is 2.51. The van der Waals surface area contributed by atoms with Gasteiger partial charge in [-0.15, -0.1) is 0 Å². The maximum Gasteiger partial charge on any atom is 0.318 e. The van der Waals surface area contributed by atoms with E-state index in [-0.39, 0.29) is 30.7 Å². The summed E-state index contributed by atoms with van der Waals surface area (Å²) in [5.74, 6) is 4.02. The van der Waals surface area contributed by atoms with Gasteiger partial charge in [-0.2, -0.15) is 0 Å². The first-order valence-electron chi connectivity index (χ1n) is 16.2. The van der Waals surface area contributed by atoms with Crippen molar-refractivity contribution in [2.24, 2.45) is 0 Å². The highest BCUT2D eigenvalue weighted by atomic mass is 16.6. The summed E-state index contributed by atoms with van der Waals surface area (Å²) in [4.78, 5) is 13.3. The Morgan fingerprint density at radius 1 is 0.756 bits per heavy atom. The molecule has 2 fully saturated rings. The summed E-state index contributed by atoms with van der Waals surface area (Å²) in [6.07, 6.45) is 11.1. The van der Waals surface area contributed by atoms with E-state index in [1.807, 2.05) is 84.9 Å². The number of hydrogen-bond donors (Lipinski definition) is 2. The minimum absolute atomic E-state index is 0.0496. The summed E-state index contributed by atoms with van der Waals surface area (Å²) in [6.45, 7) is 0.0963. The van der Waals surface area contributed by atoms with Gasteiger partial charge in [0.1, 0.15) is 29.1 Å².